The molecule has 26 heavy (non-hydrogen) atoms. The van der Waals surface area contributed by atoms with Crippen LogP contribution in [0.25, 0.3) is 0 Å². The van der Waals surface area contributed by atoms with Crippen LogP contribution in [0.15, 0.2) is 47.4 Å². The summed E-state index contributed by atoms with van der Waals surface area (Å²) < 4.78 is 40.8. The summed E-state index contributed by atoms with van der Waals surface area (Å²) in [5, 5.41) is 0. The van der Waals surface area contributed by atoms with Crippen molar-refractivity contribution >= 4 is 21.6 Å². The average Bonchev–Trinajstić information content (AvgIpc) is 3.21. The van der Waals surface area contributed by atoms with E-state index in [1.165, 1.54) is 18.2 Å². The van der Waals surface area contributed by atoms with Crippen LogP contribution < -0.4 is 9.62 Å². The lowest BCUT2D eigenvalue weighted by Gasteiger charge is -2.18. The van der Waals surface area contributed by atoms with Gasteiger partial charge >= 0.3 is 0 Å². The van der Waals surface area contributed by atoms with Crippen molar-refractivity contribution in [2.45, 2.75) is 43.2 Å². The number of carbonyl (C=O) groups excluding carboxylic acids is 1. The summed E-state index contributed by atoms with van der Waals surface area (Å²) in [4.78, 5) is 14.2. The highest BCUT2D eigenvalue weighted by atomic mass is 32.2. The van der Waals surface area contributed by atoms with Crippen LogP contribution in [0, 0.1) is 5.82 Å². The Morgan fingerprint density at radius 1 is 1.15 bits per heavy atom. The van der Waals surface area contributed by atoms with Crippen molar-refractivity contribution in [3.05, 3.63) is 59.4 Å². The monoisotopic (exact) mass is 374 g/mol. The number of nitrogens with zero attached hydrogens (tertiary/aromatic N) is 1. The first-order valence-corrected chi connectivity index (χ1v) is 9.96. The molecule has 1 aliphatic heterocycles. The van der Waals surface area contributed by atoms with E-state index in [4.69, 9.17) is 0 Å². The molecule has 0 bridgehead atoms. The Morgan fingerprint density at radius 2 is 1.85 bits per heavy atom. The zero-order valence-corrected chi connectivity index (χ0v) is 15.1. The van der Waals surface area contributed by atoms with Crippen LogP contribution in [0.5, 0.6) is 0 Å². The van der Waals surface area contributed by atoms with Crippen molar-refractivity contribution in [3.63, 3.8) is 0 Å². The lowest BCUT2D eigenvalue weighted by atomic mass is 10.1. The van der Waals surface area contributed by atoms with E-state index in [9.17, 15) is 17.6 Å². The second-order valence-corrected chi connectivity index (χ2v) is 8.92. The Kier molecular flexibility index (Phi) is 3.89. The van der Waals surface area contributed by atoms with E-state index in [0.717, 1.165) is 18.4 Å². The normalized spacial score (nSPS) is 18.1. The molecule has 0 saturated heterocycles. The van der Waals surface area contributed by atoms with E-state index in [1.54, 1.807) is 29.2 Å². The fourth-order valence-electron chi connectivity index (χ4n) is 3.15. The fraction of sp³-hybridized carbons (Fsp3) is 0.316. The number of carbonyl (C=O) groups is 1. The molecule has 2 aromatic rings. The summed E-state index contributed by atoms with van der Waals surface area (Å²) in [7, 11) is -3.60. The van der Waals surface area contributed by atoms with Gasteiger partial charge in [0.1, 0.15) is 5.82 Å². The highest BCUT2D eigenvalue weighted by molar-refractivity contribution is 7.89. The zero-order chi connectivity index (χ0) is 18.5. The SMILES string of the molecule is CC1(NS(=O)(=O)c2ccc3c(c2)CC(=O)N3Cc2ccc(F)cc2)CC1. The zero-order valence-electron chi connectivity index (χ0n) is 14.3. The van der Waals surface area contributed by atoms with Crippen LogP contribution in [0.1, 0.15) is 30.9 Å². The third kappa shape index (κ3) is 3.24. The molecule has 136 valence electrons. The number of halogens is 1. The number of sulfonamides is 1. The maximum atomic E-state index is 13.1. The maximum absolute atomic E-state index is 13.1. The predicted molar refractivity (Wildman–Crippen MR) is 95.7 cm³/mol. The number of hydrogen-bond acceptors (Lipinski definition) is 3. The molecule has 1 heterocycles. The largest absolute Gasteiger partial charge is 0.307 e. The van der Waals surface area contributed by atoms with Gasteiger partial charge in [-0.2, -0.15) is 0 Å². The van der Waals surface area contributed by atoms with E-state index in [0.29, 0.717) is 17.8 Å². The van der Waals surface area contributed by atoms with Gasteiger partial charge in [-0.15, -0.1) is 0 Å². The summed E-state index contributed by atoms with van der Waals surface area (Å²) in [6.45, 7) is 2.21. The highest BCUT2D eigenvalue weighted by Gasteiger charge is 2.41. The fourth-order valence-corrected chi connectivity index (χ4v) is 4.66. The van der Waals surface area contributed by atoms with E-state index < -0.39 is 10.0 Å². The minimum Gasteiger partial charge on any atom is -0.307 e. The van der Waals surface area contributed by atoms with Crippen molar-refractivity contribution in [1.29, 1.82) is 0 Å². The van der Waals surface area contributed by atoms with Crippen LogP contribution in [0.3, 0.4) is 0 Å². The van der Waals surface area contributed by atoms with Gasteiger partial charge in [0, 0.05) is 11.2 Å². The summed E-state index contributed by atoms with van der Waals surface area (Å²) in [5.41, 5.74) is 1.87. The lowest BCUT2D eigenvalue weighted by Crippen LogP contribution is -2.34. The number of amides is 1. The number of anilines is 1. The van der Waals surface area contributed by atoms with Crippen molar-refractivity contribution in [1.82, 2.24) is 4.72 Å². The number of fused-ring (bicyclic) bond motifs is 1. The van der Waals surface area contributed by atoms with Gasteiger partial charge in [0.2, 0.25) is 15.9 Å². The van der Waals surface area contributed by atoms with Crippen molar-refractivity contribution in [2.75, 3.05) is 4.90 Å². The van der Waals surface area contributed by atoms with Crippen molar-refractivity contribution in [2.24, 2.45) is 0 Å². The Bertz CT molecular complexity index is 982. The number of nitrogens with one attached hydrogen (secondary N) is 1. The van der Waals surface area contributed by atoms with Gasteiger partial charge in [0.15, 0.2) is 0 Å². The summed E-state index contributed by atoms with van der Waals surface area (Å²) in [6.07, 6.45) is 1.83. The Labute approximate surface area is 151 Å². The summed E-state index contributed by atoms with van der Waals surface area (Å²) in [5.74, 6) is -0.422. The van der Waals surface area contributed by atoms with Crippen LogP contribution >= 0.6 is 0 Å². The molecule has 7 heteroatoms. The number of benzene rings is 2. The van der Waals surface area contributed by atoms with E-state index in [1.807, 2.05) is 6.92 Å². The van der Waals surface area contributed by atoms with Gasteiger partial charge in [-0.25, -0.2) is 17.5 Å². The van der Waals surface area contributed by atoms with Gasteiger partial charge in [0.05, 0.1) is 17.9 Å². The third-order valence-electron chi connectivity index (χ3n) is 4.93. The smallest absolute Gasteiger partial charge is 0.241 e. The van der Waals surface area contributed by atoms with Crippen molar-refractivity contribution in [3.8, 4) is 0 Å². The minimum atomic E-state index is -3.60. The molecule has 0 radical (unpaired) electrons. The molecule has 1 saturated carbocycles. The van der Waals surface area contributed by atoms with Gasteiger partial charge < -0.3 is 4.90 Å². The second kappa shape index (κ2) is 5.89. The molecular weight excluding hydrogens is 355 g/mol. The molecule has 1 fully saturated rings. The Hall–Kier alpha value is -2.25. The average molecular weight is 374 g/mol. The Morgan fingerprint density at radius 3 is 2.50 bits per heavy atom. The van der Waals surface area contributed by atoms with E-state index in [-0.39, 0.29) is 28.6 Å². The molecule has 0 atom stereocenters. The lowest BCUT2D eigenvalue weighted by molar-refractivity contribution is -0.117. The molecule has 2 aliphatic rings. The second-order valence-electron chi connectivity index (χ2n) is 7.24. The van der Waals surface area contributed by atoms with Crippen LogP contribution in [-0.2, 0) is 27.8 Å². The number of hydrogen-bond donors (Lipinski definition) is 1. The maximum Gasteiger partial charge on any atom is 0.241 e. The first kappa shape index (κ1) is 17.2. The first-order valence-electron chi connectivity index (χ1n) is 8.48. The van der Waals surface area contributed by atoms with Crippen LogP contribution in [0.2, 0.25) is 0 Å². The molecule has 1 aliphatic carbocycles. The number of rotatable bonds is 5. The molecule has 2 aromatic carbocycles. The molecule has 0 spiro atoms. The first-order chi connectivity index (χ1) is 12.3. The summed E-state index contributed by atoms with van der Waals surface area (Å²) >= 11 is 0. The molecule has 1 amide bonds. The highest BCUT2D eigenvalue weighted by Crippen LogP contribution is 2.37. The molecule has 5 nitrogen and oxygen atoms in total. The quantitative estimate of drug-likeness (QED) is 0.875. The van der Waals surface area contributed by atoms with Crippen LogP contribution in [0.4, 0.5) is 10.1 Å². The molecule has 0 unspecified atom stereocenters. The topological polar surface area (TPSA) is 66.5 Å². The van der Waals surface area contributed by atoms with Gasteiger partial charge in [-0.05, 0) is 61.2 Å². The third-order valence-corrected chi connectivity index (χ3v) is 6.57. The minimum absolute atomic E-state index is 0.0963. The van der Waals surface area contributed by atoms with Crippen molar-refractivity contribution < 1.29 is 17.6 Å². The van der Waals surface area contributed by atoms with Gasteiger partial charge in [-0.1, -0.05) is 12.1 Å². The van der Waals surface area contributed by atoms with Crippen LogP contribution in [-0.4, -0.2) is 19.9 Å². The molecule has 0 aromatic heterocycles. The van der Waals surface area contributed by atoms with Gasteiger partial charge in [0.25, 0.3) is 0 Å². The predicted octanol–water partition coefficient (Wildman–Crippen LogP) is 2.75. The van der Waals surface area contributed by atoms with Gasteiger partial charge in [-0.3, -0.25) is 4.79 Å². The molecule has 1 N–H and O–H groups in total. The van der Waals surface area contributed by atoms with E-state index >= 15 is 0 Å². The standard InChI is InChI=1S/C19H19FN2O3S/c1-19(8-9-19)21-26(24,25)16-6-7-17-14(10-16)11-18(23)22(17)12-13-2-4-15(20)5-3-13/h2-7,10,21H,8-9,11-12H2,1H3. The molecule has 4 rings (SSSR count). The molecular formula is C19H19FN2O3S. The van der Waals surface area contributed by atoms with E-state index in [2.05, 4.69) is 4.72 Å². The Balaban J connectivity index is 1.60. The summed E-state index contributed by atoms with van der Waals surface area (Å²) in [6, 6.07) is 10.8.